The summed E-state index contributed by atoms with van der Waals surface area (Å²) in [5.41, 5.74) is 2.69. The number of rotatable bonds is 4. The molecule has 1 aromatic rings. The van der Waals surface area contributed by atoms with Crippen LogP contribution in [0.2, 0.25) is 0 Å². The van der Waals surface area contributed by atoms with Gasteiger partial charge in [0.25, 0.3) is 0 Å². The first kappa shape index (κ1) is 13.6. The Labute approximate surface area is 114 Å². The summed E-state index contributed by atoms with van der Waals surface area (Å²) in [4.78, 5) is 12.0. The molecular formula is C16H20N2O. The minimum Gasteiger partial charge on any atom is -0.340 e. The van der Waals surface area contributed by atoms with E-state index in [2.05, 4.69) is 29.6 Å². The van der Waals surface area contributed by atoms with Gasteiger partial charge < -0.3 is 5.32 Å². The fourth-order valence-corrected chi connectivity index (χ4v) is 2.77. The first-order valence-corrected chi connectivity index (χ1v) is 7.01. The topological polar surface area (TPSA) is 52.9 Å². The second-order valence-corrected chi connectivity index (χ2v) is 5.15. The van der Waals surface area contributed by atoms with E-state index in [1.807, 2.05) is 13.0 Å². The molecule has 1 amide bonds. The van der Waals surface area contributed by atoms with Gasteiger partial charge in [0, 0.05) is 6.42 Å². The highest BCUT2D eigenvalue weighted by Crippen LogP contribution is 2.33. The number of hydrogen-bond donors (Lipinski definition) is 1. The minimum absolute atomic E-state index is 0.00453. The highest BCUT2D eigenvalue weighted by molar-refractivity contribution is 5.77. The lowest BCUT2D eigenvalue weighted by atomic mass is 9.81. The van der Waals surface area contributed by atoms with E-state index in [1.54, 1.807) is 0 Å². The van der Waals surface area contributed by atoms with Crippen LogP contribution in [0.25, 0.3) is 0 Å². The van der Waals surface area contributed by atoms with Gasteiger partial charge in [-0.2, -0.15) is 5.26 Å². The molecule has 0 spiro atoms. The van der Waals surface area contributed by atoms with Crippen LogP contribution in [0.3, 0.4) is 0 Å². The van der Waals surface area contributed by atoms with Gasteiger partial charge in [-0.1, -0.05) is 31.2 Å². The van der Waals surface area contributed by atoms with Crippen LogP contribution in [0.4, 0.5) is 0 Å². The Morgan fingerprint density at radius 3 is 3.05 bits per heavy atom. The normalized spacial score (nSPS) is 19.1. The van der Waals surface area contributed by atoms with Crippen LogP contribution in [0, 0.1) is 11.3 Å². The van der Waals surface area contributed by atoms with Gasteiger partial charge in [0.2, 0.25) is 5.91 Å². The number of nitriles is 1. The van der Waals surface area contributed by atoms with E-state index < -0.39 is 0 Å². The average molecular weight is 256 g/mol. The van der Waals surface area contributed by atoms with Gasteiger partial charge in [0.1, 0.15) is 6.04 Å². The van der Waals surface area contributed by atoms with E-state index >= 15 is 0 Å². The van der Waals surface area contributed by atoms with Crippen LogP contribution in [0.1, 0.15) is 49.7 Å². The average Bonchev–Trinajstić information content (AvgIpc) is 2.45. The van der Waals surface area contributed by atoms with Gasteiger partial charge in [-0.3, -0.25) is 4.79 Å². The number of hydrogen-bond acceptors (Lipinski definition) is 2. The molecule has 1 aliphatic rings. The van der Waals surface area contributed by atoms with Crippen molar-refractivity contribution in [2.75, 3.05) is 0 Å². The van der Waals surface area contributed by atoms with Crippen LogP contribution < -0.4 is 5.32 Å². The number of fused-ring (bicyclic) bond motifs is 1. The van der Waals surface area contributed by atoms with Crippen molar-refractivity contribution in [3.05, 3.63) is 35.4 Å². The number of carbonyl (C=O) groups is 1. The Balaban J connectivity index is 2.01. The predicted octanol–water partition coefficient (Wildman–Crippen LogP) is 2.91. The van der Waals surface area contributed by atoms with Crippen molar-refractivity contribution < 1.29 is 4.79 Å². The summed E-state index contributed by atoms with van der Waals surface area (Å²) in [6, 6.07) is 10.1. The van der Waals surface area contributed by atoms with Gasteiger partial charge in [0.05, 0.1) is 6.07 Å². The smallest absolute Gasteiger partial charge is 0.221 e. The lowest BCUT2D eigenvalue weighted by molar-refractivity contribution is -0.121. The molecule has 100 valence electrons. The molecule has 0 saturated heterocycles. The second-order valence-electron chi connectivity index (χ2n) is 5.15. The van der Waals surface area contributed by atoms with E-state index in [-0.39, 0.29) is 11.9 Å². The summed E-state index contributed by atoms with van der Waals surface area (Å²) in [5.74, 6) is 0.302. The Kier molecular flexibility index (Phi) is 4.57. The fourth-order valence-electron chi connectivity index (χ4n) is 2.77. The molecule has 2 atom stereocenters. The number of nitrogens with one attached hydrogen (secondary N) is 1. The third-order valence-corrected chi connectivity index (χ3v) is 3.82. The van der Waals surface area contributed by atoms with E-state index in [9.17, 15) is 4.79 Å². The van der Waals surface area contributed by atoms with Crippen molar-refractivity contribution in [2.24, 2.45) is 0 Å². The zero-order chi connectivity index (χ0) is 13.7. The fraction of sp³-hybridized carbons (Fsp3) is 0.500. The van der Waals surface area contributed by atoms with Crippen molar-refractivity contribution >= 4 is 5.91 Å². The number of carbonyl (C=O) groups excluding carboxylic acids is 1. The first-order valence-electron chi connectivity index (χ1n) is 7.01. The molecular weight excluding hydrogens is 236 g/mol. The zero-order valence-corrected chi connectivity index (χ0v) is 11.4. The summed E-state index contributed by atoms with van der Waals surface area (Å²) in [6.07, 6.45) is 4.47. The van der Waals surface area contributed by atoms with Gasteiger partial charge in [-0.25, -0.2) is 0 Å². The van der Waals surface area contributed by atoms with Crippen molar-refractivity contribution in [2.45, 2.75) is 51.0 Å². The van der Waals surface area contributed by atoms with Gasteiger partial charge in [0.15, 0.2) is 0 Å². The number of benzene rings is 1. The quantitative estimate of drug-likeness (QED) is 0.900. The van der Waals surface area contributed by atoms with E-state index in [0.29, 0.717) is 18.8 Å². The molecule has 0 aromatic heterocycles. The maximum atomic E-state index is 12.0. The highest BCUT2D eigenvalue weighted by atomic mass is 16.1. The van der Waals surface area contributed by atoms with E-state index in [1.165, 1.54) is 11.1 Å². The third-order valence-electron chi connectivity index (χ3n) is 3.82. The molecule has 0 aliphatic heterocycles. The van der Waals surface area contributed by atoms with Crippen LogP contribution in [-0.2, 0) is 11.2 Å². The van der Waals surface area contributed by atoms with Gasteiger partial charge in [-0.05, 0) is 42.7 Å². The maximum absolute atomic E-state index is 12.0. The highest BCUT2D eigenvalue weighted by Gasteiger charge is 2.22. The third kappa shape index (κ3) is 3.35. The summed E-state index contributed by atoms with van der Waals surface area (Å²) in [7, 11) is 0. The Morgan fingerprint density at radius 2 is 2.32 bits per heavy atom. The van der Waals surface area contributed by atoms with Crippen molar-refractivity contribution in [3.63, 3.8) is 0 Å². The molecule has 0 heterocycles. The monoisotopic (exact) mass is 256 g/mol. The van der Waals surface area contributed by atoms with E-state index in [0.717, 1.165) is 19.3 Å². The molecule has 1 aliphatic carbocycles. The first-order chi connectivity index (χ1) is 9.24. The van der Waals surface area contributed by atoms with Crippen molar-refractivity contribution in [1.29, 1.82) is 5.26 Å². The Morgan fingerprint density at radius 1 is 1.53 bits per heavy atom. The van der Waals surface area contributed by atoms with Crippen LogP contribution >= 0.6 is 0 Å². The summed E-state index contributed by atoms with van der Waals surface area (Å²) in [6.45, 7) is 1.91. The van der Waals surface area contributed by atoms with Crippen LogP contribution in [0.15, 0.2) is 24.3 Å². The molecule has 2 unspecified atom stereocenters. The largest absolute Gasteiger partial charge is 0.340 e. The molecule has 2 rings (SSSR count). The predicted molar refractivity (Wildman–Crippen MR) is 74.6 cm³/mol. The summed E-state index contributed by atoms with van der Waals surface area (Å²) in [5, 5.41) is 11.7. The molecule has 1 N–H and O–H groups in total. The molecule has 0 bridgehead atoms. The Hall–Kier alpha value is -1.82. The SMILES string of the molecule is CCC(C#N)NC(=O)CC1CCCc2ccccc21. The van der Waals surface area contributed by atoms with E-state index in [4.69, 9.17) is 5.26 Å². The van der Waals surface area contributed by atoms with Crippen molar-refractivity contribution in [3.8, 4) is 6.07 Å². The molecule has 0 fully saturated rings. The second kappa shape index (κ2) is 6.38. The standard InChI is InChI=1S/C16H20N2O/c1-2-14(11-17)18-16(19)10-13-8-5-7-12-6-3-4-9-15(12)13/h3-4,6,9,13-14H,2,5,7-8,10H2,1H3,(H,18,19). The number of aryl methyl sites for hydroxylation is 1. The lowest BCUT2D eigenvalue weighted by Crippen LogP contribution is -2.34. The number of amides is 1. The summed E-state index contributed by atoms with van der Waals surface area (Å²) >= 11 is 0. The Bertz CT molecular complexity index is 490. The summed E-state index contributed by atoms with van der Waals surface area (Å²) < 4.78 is 0. The molecule has 3 heteroatoms. The lowest BCUT2D eigenvalue weighted by Gasteiger charge is -2.25. The van der Waals surface area contributed by atoms with Crippen molar-refractivity contribution in [1.82, 2.24) is 5.32 Å². The van der Waals surface area contributed by atoms with Crippen LogP contribution in [0.5, 0.6) is 0 Å². The molecule has 3 nitrogen and oxygen atoms in total. The molecule has 19 heavy (non-hydrogen) atoms. The van der Waals surface area contributed by atoms with Gasteiger partial charge in [-0.15, -0.1) is 0 Å². The molecule has 0 saturated carbocycles. The minimum atomic E-state index is -0.355. The van der Waals surface area contributed by atoms with Crippen LogP contribution in [-0.4, -0.2) is 11.9 Å². The maximum Gasteiger partial charge on any atom is 0.221 e. The zero-order valence-electron chi connectivity index (χ0n) is 11.4. The van der Waals surface area contributed by atoms with Gasteiger partial charge >= 0.3 is 0 Å². The number of nitrogens with zero attached hydrogens (tertiary/aromatic N) is 1. The molecule has 1 aromatic carbocycles. The molecule has 0 radical (unpaired) electrons.